The summed E-state index contributed by atoms with van der Waals surface area (Å²) in [6.45, 7) is 5.35. The first-order valence-electron chi connectivity index (χ1n) is 19.4. The molecule has 0 saturated carbocycles. The lowest BCUT2D eigenvalue weighted by Gasteiger charge is -2.25. The van der Waals surface area contributed by atoms with Crippen molar-refractivity contribution in [3.05, 3.63) is 59.1 Å². The summed E-state index contributed by atoms with van der Waals surface area (Å²) in [6, 6.07) is 13.1. The predicted octanol–water partition coefficient (Wildman–Crippen LogP) is 5.90. The van der Waals surface area contributed by atoms with Gasteiger partial charge in [0.25, 0.3) is 0 Å². The standard InChI is InChI=1S/C41H56N6O7S2/c1-26(2)20-29(22-36(49)54-24-27-12-6-5-7-13-27)38(51)44-31(15-9-11-19-47(3)4)34(48)21-28(14-8-10-18-42)37(50)43-30-16-17-32-35(23-30)56-40(45-32)39-46-33(25-55-39)41(52)53/h5-7,12-13,16-17,23,26,28-29,31,33H,8-11,14-15,18-22,24-25,42H2,1-4H3,(H,43,50)(H,44,51)(H,52,53)/t28-,29-,31+,33-/m1/s1. The molecule has 3 aromatic rings. The molecular weight excluding hydrogens is 753 g/mol. The molecule has 0 saturated heterocycles. The number of aliphatic imine (C=N–C) groups is 1. The van der Waals surface area contributed by atoms with E-state index in [0.29, 0.717) is 72.1 Å². The summed E-state index contributed by atoms with van der Waals surface area (Å²) in [7, 11) is 3.96. The number of fused-ring (bicyclic) bond motifs is 1. The Morgan fingerprint density at radius 1 is 0.964 bits per heavy atom. The number of nitrogens with one attached hydrogen (secondary N) is 2. The number of benzene rings is 2. The van der Waals surface area contributed by atoms with E-state index < -0.39 is 35.9 Å². The largest absolute Gasteiger partial charge is 0.480 e. The Balaban J connectivity index is 1.47. The van der Waals surface area contributed by atoms with Gasteiger partial charge in [-0.1, -0.05) is 50.6 Å². The SMILES string of the molecule is CC(C)C[C@H](CC(=O)OCc1ccccc1)C(=O)N[C@@H](CCCCN(C)C)C(=O)C[C@@H](CCCCN)C(=O)Nc1ccc2nc(C3=N[C@@H](C(=O)O)CS3)sc2c1. The van der Waals surface area contributed by atoms with E-state index in [-0.39, 0.29) is 43.0 Å². The highest BCUT2D eigenvalue weighted by molar-refractivity contribution is 8.15. The Morgan fingerprint density at radius 2 is 1.71 bits per heavy atom. The van der Waals surface area contributed by atoms with Crippen molar-refractivity contribution in [1.82, 2.24) is 15.2 Å². The van der Waals surface area contributed by atoms with Crippen LogP contribution >= 0.6 is 23.1 Å². The molecule has 0 unspecified atom stereocenters. The van der Waals surface area contributed by atoms with Crippen LogP contribution in [0.1, 0.15) is 82.2 Å². The van der Waals surface area contributed by atoms with Crippen molar-refractivity contribution >= 4 is 73.6 Å². The number of nitrogens with zero attached hydrogens (tertiary/aromatic N) is 3. The van der Waals surface area contributed by atoms with Crippen molar-refractivity contribution in [2.24, 2.45) is 28.5 Å². The van der Waals surface area contributed by atoms with Gasteiger partial charge >= 0.3 is 11.9 Å². The number of aliphatic carboxylic acids is 1. The van der Waals surface area contributed by atoms with Crippen molar-refractivity contribution in [2.45, 2.75) is 90.3 Å². The minimum Gasteiger partial charge on any atom is -0.480 e. The number of carbonyl (C=O) groups excluding carboxylic acids is 4. The van der Waals surface area contributed by atoms with Crippen molar-refractivity contribution in [2.75, 3.05) is 38.3 Å². The molecule has 0 spiro atoms. The van der Waals surface area contributed by atoms with Crippen molar-refractivity contribution in [3.63, 3.8) is 0 Å². The Morgan fingerprint density at radius 3 is 2.39 bits per heavy atom. The molecular formula is C41H56N6O7S2. The Labute approximate surface area is 337 Å². The average molecular weight is 809 g/mol. The van der Waals surface area contributed by atoms with Crippen LogP contribution in [-0.2, 0) is 35.3 Å². The predicted molar refractivity (Wildman–Crippen MR) is 223 cm³/mol. The zero-order valence-electron chi connectivity index (χ0n) is 32.8. The van der Waals surface area contributed by atoms with Crippen LogP contribution in [0.5, 0.6) is 0 Å². The van der Waals surface area contributed by atoms with Gasteiger partial charge in [0.15, 0.2) is 11.8 Å². The van der Waals surface area contributed by atoms with Crippen LogP contribution in [0.15, 0.2) is 53.5 Å². The minimum atomic E-state index is -0.969. The second-order valence-electron chi connectivity index (χ2n) is 15.0. The molecule has 1 aliphatic heterocycles. The lowest BCUT2D eigenvalue weighted by molar-refractivity contribution is -0.148. The number of carboxylic acids is 1. The fourth-order valence-electron chi connectivity index (χ4n) is 6.43. The first-order chi connectivity index (χ1) is 26.8. The van der Waals surface area contributed by atoms with Crippen molar-refractivity contribution < 1.29 is 33.8 Å². The number of rotatable bonds is 24. The molecule has 0 radical (unpaired) electrons. The van der Waals surface area contributed by atoms with Gasteiger partial charge in [-0.15, -0.1) is 23.1 Å². The fourth-order valence-corrected chi connectivity index (χ4v) is 8.53. The highest BCUT2D eigenvalue weighted by atomic mass is 32.2. The molecule has 5 N–H and O–H groups in total. The molecule has 2 amide bonds. The number of thioether (sulfide) groups is 1. The van der Waals surface area contributed by atoms with Gasteiger partial charge in [0.1, 0.15) is 16.7 Å². The number of carbonyl (C=O) groups is 5. The highest BCUT2D eigenvalue weighted by Gasteiger charge is 2.31. The maximum Gasteiger partial charge on any atom is 0.329 e. The number of thiazole rings is 1. The molecule has 2 heterocycles. The van der Waals surface area contributed by atoms with Gasteiger partial charge in [-0.2, -0.15) is 0 Å². The third kappa shape index (κ3) is 14.4. The second kappa shape index (κ2) is 22.5. The Hall–Kier alpha value is -4.18. The van der Waals surface area contributed by atoms with E-state index >= 15 is 0 Å². The summed E-state index contributed by atoms with van der Waals surface area (Å²) >= 11 is 2.73. The summed E-state index contributed by atoms with van der Waals surface area (Å²) in [5, 5.41) is 16.5. The second-order valence-corrected chi connectivity index (χ2v) is 17.0. The normalized spacial score (nSPS) is 15.7. The monoisotopic (exact) mass is 808 g/mol. The lowest BCUT2D eigenvalue weighted by atomic mass is 9.89. The average Bonchev–Trinajstić information content (AvgIpc) is 3.83. The molecule has 1 aromatic heterocycles. The van der Waals surface area contributed by atoms with Crippen molar-refractivity contribution in [1.29, 1.82) is 0 Å². The maximum absolute atomic E-state index is 14.1. The topological polar surface area (TPSA) is 193 Å². The molecule has 0 aliphatic carbocycles. The molecule has 2 aromatic carbocycles. The van der Waals surface area contributed by atoms with Crippen LogP contribution in [0.2, 0.25) is 0 Å². The van der Waals surface area contributed by atoms with E-state index in [2.05, 4.69) is 25.5 Å². The van der Waals surface area contributed by atoms with Gasteiger partial charge in [0.05, 0.1) is 22.7 Å². The molecule has 4 rings (SSSR count). The minimum absolute atomic E-state index is 0.0717. The summed E-state index contributed by atoms with van der Waals surface area (Å²) in [5.74, 6) is -3.24. The lowest BCUT2D eigenvalue weighted by Crippen LogP contribution is -2.45. The third-order valence-corrected chi connectivity index (χ3v) is 11.6. The van der Waals surface area contributed by atoms with Gasteiger partial charge in [-0.3, -0.25) is 24.2 Å². The summed E-state index contributed by atoms with van der Waals surface area (Å²) in [6.07, 6.45) is 3.96. The van der Waals surface area contributed by atoms with E-state index in [4.69, 9.17) is 10.5 Å². The van der Waals surface area contributed by atoms with Crippen LogP contribution < -0.4 is 16.4 Å². The molecule has 13 nitrogen and oxygen atoms in total. The number of esters is 1. The van der Waals surface area contributed by atoms with E-state index in [1.165, 1.54) is 23.1 Å². The molecule has 56 heavy (non-hydrogen) atoms. The molecule has 1 aliphatic rings. The van der Waals surface area contributed by atoms with Crippen LogP contribution in [0.25, 0.3) is 10.2 Å². The first-order valence-corrected chi connectivity index (χ1v) is 21.2. The summed E-state index contributed by atoms with van der Waals surface area (Å²) < 4.78 is 6.31. The summed E-state index contributed by atoms with van der Waals surface area (Å²) in [4.78, 5) is 77.1. The number of amides is 2. The van der Waals surface area contributed by atoms with Gasteiger partial charge in [0.2, 0.25) is 11.8 Å². The highest BCUT2D eigenvalue weighted by Crippen LogP contribution is 2.32. The number of carboxylic acid groups (broad SMARTS) is 1. The van der Waals surface area contributed by atoms with Gasteiger partial charge < -0.3 is 31.1 Å². The smallest absolute Gasteiger partial charge is 0.329 e. The molecule has 15 heteroatoms. The van der Waals surface area contributed by atoms with Crippen molar-refractivity contribution in [3.8, 4) is 0 Å². The number of aromatic nitrogens is 1. The zero-order valence-corrected chi connectivity index (χ0v) is 34.5. The van der Waals surface area contributed by atoms with E-state index in [0.717, 1.165) is 23.2 Å². The first kappa shape index (κ1) is 44.5. The van der Waals surface area contributed by atoms with Crippen LogP contribution in [0.4, 0.5) is 5.69 Å². The van der Waals surface area contributed by atoms with Crippen LogP contribution in [-0.4, -0.2) is 94.6 Å². The number of anilines is 1. The number of nitrogens with two attached hydrogens (primary N) is 1. The number of hydrogen-bond acceptors (Lipinski definition) is 12. The molecule has 4 atom stereocenters. The summed E-state index contributed by atoms with van der Waals surface area (Å²) in [5.41, 5.74) is 7.88. The van der Waals surface area contributed by atoms with E-state index in [9.17, 15) is 29.1 Å². The molecule has 0 bridgehead atoms. The number of unbranched alkanes of at least 4 members (excludes halogenated alkanes) is 2. The van der Waals surface area contributed by atoms with Crippen LogP contribution in [0.3, 0.4) is 0 Å². The number of Topliss-reactive ketones (excluding diaryl/α,β-unsaturated/α-hetero) is 1. The maximum atomic E-state index is 14.1. The third-order valence-electron chi connectivity index (χ3n) is 9.44. The quantitative estimate of drug-likeness (QED) is 0.0622. The van der Waals surface area contributed by atoms with Gasteiger partial charge in [-0.25, -0.2) is 9.78 Å². The molecule has 0 fully saturated rings. The Kier molecular flexibility index (Phi) is 17.9. The molecule has 304 valence electrons. The van der Waals surface area contributed by atoms with E-state index in [1.54, 1.807) is 12.1 Å². The van der Waals surface area contributed by atoms with Gasteiger partial charge in [-0.05, 0) is 95.4 Å². The van der Waals surface area contributed by atoms with Crippen LogP contribution in [0, 0.1) is 17.8 Å². The number of hydrogen-bond donors (Lipinski definition) is 4. The van der Waals surface area contributed by atoms with Gasteiger partial charge in [0, 0.05) is 29.7 Å². The number of ether oxygens (including phenoxy) is 1. The fraction of sp³-hybridized carbons (Fsp3) is 0.537. The Bertz CT molecular complexity index is 1820. The number of ketones is 1. The zero-order chi connectivity index (χ0) is 40.6. The van der Waals surface area contributed by atoms with E-state index in [1.807, 2.05) is 64.3 Å².